The number of hydrogen-bond donors (Lipinski definition) is 1. The second-order valence-electron chi connectivity index (χ2n) is 6.51. The van der Waals surface area contributed by atoms with Crippen molar-refractivity contribution in [2.45, 2.75) is 12.8 Å². The molecule has 0 radical (unpaired) electrons. The Hall–Kier alpha value is -4.05. The Kier molecular flexibility index (Phi) is 6.73. The van der Waals surface area contributed by atoms with Gasteiger partial charge in [0.05, 0.1) is 11.3 Å². The van der Waals surface area contributed by atoms with Gasteiger partial charge in [-0.1, -0.05) is 54.6 Å². The van der Waals surface area contributed by atoms with Crippen LogP contribution in [0.4, 0.5) is 18.9 Å². The highest BCUT2D eigenvalue weighted by molar-refractivity contribution is 6.10. The highest BCUT2D eigenvalue weighted by Crippen LogP contribution is 2.34. The molecule has 3 aromatic rings. The number of amides is 1. The lowest BCUT2D eigenvalue weighted by atomic mass is 10.1. The number of benzene rings is 3. The second-order valence-corrected chi connectivity index (χ2v) is 6.51. The van der Waals surface area contributed by atoms with Gasteiger partial charge in [0.1, 0.15) is 24.0 Å². The van der Waals surface area contributed by atoms with E-state index in [4.69, 9.17) is 4.74 Å². The lowest BCUT2D eigenvalue weighted by Gasteiger charge is -2.13. The number of para-hydroxylation sites is 1. The fraction of sp³-hybridized carbons (Fsp3) is 0.0833. The van der Waals surface area contributed by atoms with Crippen molar-refractivity contribution in [1.82, 2.24) is 0 Å². The normalized spacial score (nSPS) is 11.5. The molecular weight excluding hydrogens is 405 g/mol. The van der Waals surface area contributed by atoms with E-state index in [1.54, 1.807) is 30.3 Å². The second kappa shape index (κ2) is 9.63. The molecule has 3 aromatic carbocycles. The van der Waals surface area contributed by atoms with E-state index in [0.717, 1.165) is 17.7 Å². The number of anilines is 1. The summed E-state index contributed by atoms with van der Waals surface area (Å²) in [5, 5.41) is 11.5. The number of carbonyl (C=O) groups excluding carboxylic acids is 1. The summed E-state index contributed by atoms with van der Waals surface area (Å²) in [5.41, 5.74) is -0.182. The number of hydrogen-bond acceptors (Lipinski definition) is 3. The van der Waals surface area contributed by atoms with Gasteiger partial charge in [0, 0.05) is 0 Å². The summed E-state index contributed by atoms with van der Waals surface area (Å²) in [6.45, 7) is 0.389. The van der Waals surface area contributed by atoms with Crippen LogP contribution in [0.2, 0.25) is 0 Å². The first-order valence-electron chi connectivity index (χ1n) is 9.23. The topological polar surface area (TPSA) is 62.1 Å². The third-order valence-corrected chi connectivity index (χ3v) is 4.29. The minimum Gasteiger partial charge on any atom is -0.489 e. The van der Waals surface area contributed by atoms with E-state index < -0.39 is 23.3 Å². The van der Waals surface area contributed by atoms with Crippen molar-refractivity contribution in [2.75, 3.05) is 5.32 Å². The molecule has 4 nitrogen and oxygen atoms in total. The van der Waals surface area contributed by atoms with Gasteiger partial charge in [-0.05, 0) is 41.5 Å². The Morgan fingerprint density at radius 1 is 0.968 bits per heavy atom. The van der Waals surface area contributed by atoms with Gasteiger partial charge in [0.25, 0.3) is 5.91 Å². The van der Waals surface area contributed by atoms with Crippen LogP contribution < -0.4 is 10.1 Å². The van der Waals surface area contributed by atoms with Gasteiger partial charge in [-0.2, -0.15) is 18.4 Å². The molecular formula is C24H17F3N2O2. The molecule has 1 N–H and O–H groups in total. The number of nitrogens with one attached hydrogen (secondary N) is 1. The molecule has 0 aliphatic carbocycles. The minimum atomic E-state index is -4.63. The van der Waals surface area contributed by atoms with Crippen molar-refractivity contribution in [3.8, 4) is 11.8 Å². The first-order chi connectivity index (χ1) is 14.9. The predicted octanol–water partition coefficient (Wildman–Crippen LogP) is 5.83. The summed E-state index contributed by atoms with van der Waals surface area (Å²) >= 11 is 0. The van der Waals surface area contributed by atoms with Crippen LogP contribution in [0.15, 0.2) is 84.4 Å². The van der Waals surface area contributed by atoms with Crippen LogP contribution in [0.3, 0.4) is 0 Å². The maximum absolute atomic E-state index is 13.1. The third-order valence-electron chi connectivity index (χ3n) is 4.29. The molecule has 1 amide bonds. The molecule has 156 valence electrons. The quantitative estimate of drug-likeness (QED) is 0.402. The molecule has 31 heavy (non-hydrogen) atoms. The van der Waals surface area contributed by atoms with Gasteiger partial charge in [0.15, 0.2) is 0 Å². The Labute approximate surface area is 177 Å². The number of rotatable bonds is 6. The summed E-state index contributed by atoms with van der Waals surface area (Å²) in [5.74, 6) is -0.327. The van der Waals surface area contributed by atoms with Crippen LogP contribution in [-0.4, -0.2) is 5.91 Å². The molecule has 0 saturated heterocycles. The molecule has 0 aliphatic heterocycles. The fourth-order valence-corrected chi connectivity index (χ4v) is 2.75. The Bertz CT molecular complexity index is 1120. The minimum absolute atomic E-state index is 0.324. The number of carbonyl (C=O) groups is 1. The van der Waals surface area contributed by atoms with Crippen LogP contribution in [0.1, 0.15) is 16.7 Å². The zero-order chi connectivity index (χ0) is 22.3. The average molecular weight is 422 g/mol. The van der Waals surface area contributed by atoms with E-state index in [1.807, 2.05) is 30.3 Å². The summed E-state index contributed by atoms with van der Waals surface area (Å²) in [6.07, 6.45) is -3.33. The zero-order valence-corrected chi connectivity index (χ0v) is 16.2. The standard InChI is InChI=1S/C24H17F3N2O2/c25-24(26,27)21-8-4-5-9-22(21)29-23(30)19(15-28)14-17-10-12-20(13-11-17)31-16-18-6-2-1-3-7-18/h1-14H,16H2,(H,29,30)/b19-14+. The zero-order valence-electron chi connectivity index (χ0n) is 16.2. The van der Waals surface area contributed by atoms with Crippen LogP contribution in [-0.2, 0) is 17.6 Å². The maximum atomic E-state index is 13.1. The molecule has 0 saturated carbocycles. The smallest absolute Gasteiger partial charge is 0.418 e. The van der Waals surface area contributed by atoms with E-state index in [0.29, 0.717) is 17.9 Å². The van der Waals surface area contributed by atoms with Crippen LogP contribution >= 0.6 is 0 Å². The largest absolute Gasteiger partial charge is 0.489 e. The lowest BCUT2D eigenvalue weighted by Crippen LogP contribution is -2.17. The number of nitrogens with zero attached hydrogens (tertiary/aromatic N) is 1. The van der Waals surface area contributed by atoms with E-state index in [2.05, 4.69) is 5.32 Å². The average Bonchev–Trinajstić information content (AvgIpc) is 2.77. The third kappa shape index (κ3) is 5.97. The van der Waals surface area contributed by atoms with Crippen molar-refractivity contribution >= 4 is 17.7 Å². The lowest BCUT2D eigenvalue weighted by molar-refractivity contribution is -0.137. The van der Waals surface area contributed by atoms with Gasteiger partial charge in [0.2, 0.25) is 0 Å². The summed E-state index contributed by atoms with van der Waals surface area (Å²) < 4.78 is 45.0. The van der Waals surface area contributed by atoms with Gasteiger partial charge in [-0.3, -0.25) is 4.79 Å². The monoisotopic (exact) mass is 422 g/mol. The molecule has 0 aromatic heterocycles. The van der Waals surface area contributed by atoms with Crippen molar-refractivity contribution in [2.24, 2.45) is 0 Å². The van der Waals surface area contributed by atoms with E-state index in [1.165, 1.54) is 18.2 Å². The van der Waals surface area contributed by atoms with Gasteiger partial charge >= 0.3 is 6.18 Å². The highest BCUT2D eigenvalue weighted by atomic mass is 19.4. The summed E-state index contributed by atoms with van der Waals surface area (Å²) in [7, 11) is 0. The first-order valence-corrected chi connectivity index (χ1v) is 9.23. The SMILES string of the molecule is N#C/C(=C\c1ccc(OCc2ccccc2)cc1)C(=O)Nc1ccccc1C(F)(F)F. The molecule has 0 atom stereocenters. The molecule has 0 heterocycles. The maximum Gasteiger partial charge on any atom is 0.418 e. The first kappa shape index (κ1) is 21.7. The molecule has 0 bridgehead atoms. The fourth-order valence-electron chi connectivity index (χ4n) is 2.75. The molecule has 0 spiro atoms. The molecule has 3 rings (SSSR count). The number of halogens is 3. The number of alkyl halides is 3. The summed E-state index contributed by atoms with van der Waals surface area (Å²) in [4.78, 5) is 12.4. The highest BCUT2D eigenvalue weighted by Gasteiger charge is 2.33. The Morgan fingerprint density at radius 3 is 2.26 bits per heavy atom. The Balaban J connectivity index is 1.70. The predicted molar refractivity (Wildman–Crippen MR) is 111 cm³/mol. The van der Waals surface area contributed by atoms with Crippen LogP contribution in [0, 0.1) is 11.3 Å². The van der Waals surface area contributed by atoms with E-state index in [-0.39, 0.29) is 5.57 Å². The van der Waals surface area contributed by atoms with Gasteiger partial charge < -0.3 is 10.1 Å². The van der Waals surface area contributed by atoms with Crippen LogP contribution in [0.5, 0.6) is 5.75 Å². The summed E-state index contributed by atoms with van der Waals surface area (Å²) in [6, 6.07) is 22.6. The van der Waals surface area contributed by atoms with E-state index in [9.17, 15) is 23.2 Å². The van der Waals surface area contributed by atoms with Crippen LogP contribution in [0.25, 0.3) is 6.08 Å². The molecule has 7 heteroatoms. The molecule has 0 fully saturated rings. The number of ether oxygens (including phenoxy) is 1. The van der Waals surface area contributed by atoms with E-state index >= 15 is 0 Å². The Morgan fingerprint density at radius 2 is 1.61 bits per heavy atom. The van der Waals surface area contributed by atoms with Crippen molar-refractivity contribution in [3.05, 3.63) is 101 Å². The van der Waals surface area contributed by atoms with Crippen molar-refractivity contribution in [1.29, 1.82) is 5.26 Å². The number of nitriles is 1. The van der Waals surface area contributed by atoms with Gasteiger partial charge in [-0.25, -0.2) is 0 Å². The van der Waals surface area contributed by atoms with Crippen molar-refractivity contribution in [3.63, 3.8) is 0 Å². The molecule has 0 aliphatic rings. The van der Waals surface area contributed by atoms with Crippen molar-refractivity contribution < 1.29 is 22.7 Å². The molecule has 0 unspecified atom stereocenters. The van der Waals surface area contributed by atoms with Gasteiger partial charge in [-0.15, -0.1) is 0 Å².